The lowest BCUT2D eigenvalue weighted by Gasteiger charge is -2.16. The fourth-order valence-electron chi connectivity index (χ4n) is 3.00. The van der Waals surface area contributed by atoms with Crippen LogP contribution in [0.5, 0.6) is 5.75 Å². The highest BCUT2D eigenvalue weighted by Gasteiger charge is 2.11. The van der Waals surface area contributed by atoms with E-state index in [2.05, 4.69) is 12.1 Å². The van der Waals surface area contributed by atoms with E-state index >= 15 is 0 Å². The molecule has 0 fully saturated rings. The number of methoxy groups -OCH3 is 1. The van der Waals surface area contributed by atoms with Crippen LogP contribution in [-0.4, -0.2) is 18.2 Å². The number of carboxylic acids is 1. The van der Waals surface area contributed by atoms with Crippen LogP contribution in [-0.2, 0) is 22.6 Å². The molecule has 148 valence electrons. The first-order valence-electron chi connectivity index (χ1n) is 9.43. The van der Waals surface area contributed by atoms with Crippen molar-refractivity contribution >= 4 is 12.0 Å². The van der Waals surface area contributed by atoms with Crippen LogP contribution in [0.4, 0.5) is 0 Å². The molecule has 3 aromatic rings. The first-order valence-corrected chi connectivity index (χ1v) is 9.43. The lowest BCUT2D eigenvalue weighted by Crippen LogP contribution is -2.05. The molecule has 0 aliphatic rings. The zero-order valence-corrected chi connectivity index (χ0v) is 16.3. The summed E-state index contributed by atoms with van der Waals surface area (Å²) in [6.07, 6.45) is 3.36. The third kappa shape index (κ3) is 6.33. The Morgan fingerprint density at radius 1 is 0.931 bits per heavy atom. The summed E-state index contributed by atoms with van der Waals surface area (Å²) in [5.74, 6) is -0.124. The van der Waals surface area contributed by atoms with E-state index < -0.39 is 5.97 Å². The van der Waals surface area contributed by atoms with Crippen molar-refractivity contribution in [2.75, 3.05) is 7.11 Å². The van der Waals surface area contributed by atoms with Crippen LogP contribution in [0.1, 0.15) is 28.4 Å². The van der Waals surface area contributed by atoms with Crippen LogP contribution in [0.3, 0.4) is 0 Å². The van der Waals surface area contributed by atoms with Crippen LogP contribution in [0.2, 0.25) is 0 Å². The average Bonchev–Trinajstić information content (AvgIpc) is 2.76. The van der Waals surface area contributed by atoms with E-state index in [9.17, 15) is 4.79 Å². The van der Waals surface area contributed by atoms with Gasteiger partial charge in [0.2, 0.25) is 0 Å². The summed E-state index contributed by atoms with van der Waals surface area (Å²) in [7, 11) is 1.69. The summed E-state index contributed by atoms with van der Waals surface area (Å²) < 4.78 is 11.5. The molecular weight excluding hydrogens is 364 g/mol. The largest absolute Gasteiger partial charge is 0.489 e. The molecule has 29 heavy (non-hydrogen) atoms. The van der Waals surface area contributed by atoms with Gasteiger partial charge in [0.25, 0.3) is 0 Å². The number of hydrogen-bond acceptors (Lipinski definition) is 3. The predicted octanol–water partition coefficient (Wildman–Crippen LogP) is 5.29. The Morgan fingerprint density at radius 3 is 2.24 bits per heavy atom. The molecule has 1 atom stereocenters. The molecule has 0 amide bonds. The van der Waals surface area contributed by atoms with Gasteiger partial charge in [-0.2, -0.15) is 0 Å². The van der Waals surface area contributed by atoms with Gasteiger partial charge in [-0.25, -0.2) is 4.79 Å². The number of benzene rings is 3. The average molecular weight is 388 g/mol. The molecule has 0 saturated carbocycles. The van der Waals surface area contributed by atoms with Crippen LogP contribution < -0.4 is 4.74 Å². The van der Waals surface area contributed by atoms with E-state index in [0.717, 1.165) is 40.5 Å². The minimum atomic E-state index is -0.958. The summed E-state index contributed by atoms with van der Waals surface area (Å²) in [4.78, 5) is 10.6. The fourth-order valence-corrected chi connectivity index (χ4v) is 3.00. The Morgan fingerprint density at radius 2 is 1.62 bits per heavy atom. The molecule has 4 nitrogen and oxygen atoms in total. The van der Waals surface area contributed by atoms with Crippen molar-refractivity contribution in [1.82, 2.24) is 0 Å². The van der Waals surface area contributed by atoms with Crippen LogP contribution in [0.15, 0.2) is 84.9 Å². The highest BCUT2D eigenvalue weighted by atomic mass is 16.5. The standard InChI is InChI=1S/C25H24O4/c1-28-24(22-12-7-19(8-13-22)11-16-25(26)27)17-20-9-14-23(15-10-20)29-18-21-5-3-2-4-6-21/h2-16,24H,17-18H2,1H3,(H,26,27)/b16-11+. The van der Waals surface area contributed by atoms with Crippen molar-refractivity contribution in [2.45, 2.75) is 19.1 Å². The third-order valence-corrected chi connectivity index (χ3v) is 4.60. The monoisotopic (exact) mass is 388 g/mol. The number of hydrogen-bond donors (Lipinski definition) is 1. The van der Waals surface area contributed by atoms with Crippen molar-refractivity contribution in [3.8, 4) is 5.75 Å². The third-order valence-electron chi connectivity index (χ3n) is 4.60. The summed E-state index contributed by atoms with van der Waals surface area (Å²) in [5.41, 5.74) is 4.17. The maximum absolute atomic E-state index is 10.6. The van der Waals surface area contributed by atoms with Crippen LogP contribution in [0.25, 0.3) is 6.08 Å². The van der Waals surface area contributed by atoms with Crippen molar-refractivity contribution in [3.63, 3.8) is 0 Å². The van der Waals surface area contributed by atoms with Gasteiger partial charge in [0.15, 0.2) is 0 Å². The topological polar surface area (TPSA) is 55.8 Å². The summed E-state index contributed by atoms with van der Waals surface area (Å²) in [6.45, 7) is 0.545. The number of ether oxygens (including phenoxy) is 2. The second kappa shape index (κ2) is 10.2. The Balaban J connectivity index is 1.59. The normalized spacial score (nSPS) is 12.0. The second-order valence-corrected chi connectivity index (χ2v) is 6.68. The molecular formula is C25H24O4. The molecule has 1 unspecified atom stereocenters. The van der Waals surface area contributed by atoms with Crippen molar-refractivity contribution in [2.24, 2.45) is 0 Å². The van der Waals surface area contributed by atoms with Gasteiger partial charge in [0, 0.05) is 19.6 Å². The fraction of sp³-hybridized carbons (Fsp3) is 0.160. The Hall–Kier alpha value is -3.37. The number of aliphatic carboxylic acids is 1. The first-order chi connectivity index (χ1) is 14.1. The van der Waals surface area contributed by atoms with E-state index in [4.69, 9.17) is 14.6 Å². The van der Waals surface area contributed by atoms with Gasteiger partial charge in [-0.1, -0.05) is 66.7 Å². The van der Waals surface area contributed by atoms with E-state index in [0.29, 0.717) is 6.61 Å². The Kier molecular flexibility index (Phi) is 7.20. The quantitative estimate of drug-likeness (QED) is 0.506. The molecule has 0 spiro atoms. The van der Waals surface area contributed by atoms with Gasteiger partial charge in [0.05, 0.1) is 6.10 Å². The molecule has 0 heterocycles. The number of carbonyl (C=O) groups is 1. The Bertz CT molecular complexity index is 929. The Labute approximate surface area is 171 Å². The van der Waals surface area contributed by atoms with Gasteiger partial charge in [-0.15, -0.1) is 0 Å². The summed E-state index contributed by atoms with van der Waals surface area (Å²) in [5, 5.41) is 8.72. The molecule has 0 aliphatic carbocycles. The van der Waals surface area contributed by atoms with E-state index in [1.54, 1.807) is 13.2 Å². The minimum absolute atomic E-state index is 0.0800. The van der Waals surface area contributed by atoms with E-state index in [-0.39, 0.29) is 6.10 Å². The zero-order valence-electron chi connectivity index (χ0n) is 16.3. The molecule has 0 radical (unpaired) electrons. The van der Waals surface area contributed by atoms with Crippen molar-refractivity contribution in [3.05, 3.63) is 107 Å². The lowest BCUT2D eigenvalue weighted by atomic mass is 10.00. The van der Waals surface area contributed by atoms with Gasteiger partial charge in [0.1, 0.15) is 12.4 Å². The van der Waals surface area contributed by atoms with Gasteiger partial charge in [-0.3, -0.25) is 0 Å². The highest BCUT2D eigenvalue weighted by molar-refractivity contribution is 5.85. The van der Waals surface area contributed by atoms with Gasteiger partial charge >= 0.3 is 5.97 Å². The molecule has 0 aliphatic heterocycles. The first kappa shape index (κ1) is 20.4. The summed E-state index contributed by atoms with van der Waals surface area (Å²) >= 11 is 0. The molecule has 4 heteroatoms. The molecule has 3 aromatic carbocycles. The minimum Gasteiger partial charge on any atom is -0.489 e. The zero-order chi connectivity index (χ0) is 20.5. The SMILES string of the molecule is COC(Cc1ccc(OCc2ccccc2)cc1)c1ccc(/C=C/C(=O)O)cc1. The van der Waals surface area contributed by atoms with Gasteiger partial charge in [-0.05, 0) is 40.5 Å². The molecule has 1 N–H and O–H groups in total. The number of carboxylic acid groups (broad SMARTS) is 1. The molecule has 0 aromatic heterocycles. The molecule has 0 saturated heterocycles. The second-order valence-electron chi connectivity index (χ2n) is 6.68. The molecule has 0 bridgehead atoms. The van der Waals surface area contributed by atoms with E-state index in [1.165, 1.54) is 0 Å². The van der Waals surface area contributed by atoms with Crippen LogP contribution in [0, 0.1) is 0 Å². The molecule has 3 rings (SSSR count). The number of rotatable bonds is 9. The maximum atomic E-state index is 10.6. The van der Waals surface area contributed by atoms with Gasteiger partial charge < -0.3 is 14.6 Å². The van der Waals surface area contributed by atoms with Crippen LogP contribution >= 0.6 is 0 Å². The summed E-state index contributed by atoms with van der Waals surface area (Å²) in [6, 6.07) is 25.8. The smallest absolute Gasteiger partial charge is 0.328 e. The lowest BCUT2D eigenvalue weighted by molar-refractivity contribution is -0.131. The van der Waals surface area contributed by atoms with Crippen molar-refractivity contribution < 1.29 is 19.4 Å². The van der Waals surface area contributed by atoms with Crippen molar-refractivity contribution in [1.29, 1.82) is 0 Å². The van der Waals surface area contributed by atoms with E-state index in [1.807, 2.05) is 66.7 Å². The highest BCUT2D eigenvalue weighted by Crippen LogP contribution is 2.24. The predicted molar refractivity (Wildman–Crippen MR) is 114 cm³/mol. The maximum Gasteiger partial charge on any atom is 0.328 e.